The van der Waals surface area contributed by atoms with E-state index < -0.39 is 0 Å². The Morgan fingerprint density at radius 3 is 2.94 bits per heavy atom. The molecule has 0 aliphatic heterocycles. The summed E-state index contributed by atoms with van der Waals surface area (Å²) in [4.78, 5) is 4.57. The van der Waals surface area contributed by atoms with Crippen LogP contribution in [0, 0.1) is 0 Å². The fraction of sp³-hybridized carbons (Fsp3) is 0.308. The summed E-state index contributed by atoms with van der Waals surface area (Å²) in [5.41, 5.74) is 1.84. The minimum absolute atomic E-state index is 0.0210. The maximum atomic E-state index is 9.35. The Morgan fingerprint density at radius 2 is 2.18 bits per heavy atom. The van der Waals surface area contributed by atoms with E-state index in [0.29, 0.717) is 6.61 Å². The quantitative estimate of drug-likeness (QED) is 0.653. The van der Waals surface area contributed by atoms with Gasteiger partial charge in [0, 0.05) is 23.8 Å². The van der Waals surface area contributed by atoms with Crippen LogP contribution in [0.25, 0.3) is 10.9 Å². The van der Waals surface area contributed by atoms with Crippen molar-refractivity contribution >= 4 is 22.7 Å². The molecule has 17 heavy (non-hydrogen) atoms. The Hall–Kier alpha value is -1.10. The van der Waals surface area contributed by atoms with Gasteiger partial charge < -0.3 is 9.84 Å². The van der Waals surface area contributed by atoms with E-state index in [-0.39, 0.29) is 6.61 Å². The average molecular weight is 249 g/mol. The fourth-order valence-corrected chi connectivity index (χ4v) is 2.52. The van der Waals surface area contributed by atoms with E-state index in [1.54, 1.807) is 18.9 Å². The first-order valence-corrected chi connectivity index (χ1v) is 6.45. The summed E-state index contributed by atoms with van der Waals surface area (Å²) in [6.07, 6.45) is 0. The molecular weight excluding hydrogens is 234 g/mol. The van der Waals surface area contributed by atoms with Crippen LogP contribution in [0.5, 0.6) is 0 Å². The van der Waals surface area contributed by atoms with Gasteiger partial charge in [-0.3, -0.25) is 0 Å². The molecule has 0 bridgehead atoms. The molecule has 0 atom stereocenters. The van der Waals surface area contributed by atoms with Gasteiger partial charge in [0.05, 0.1) is 18.7 Å². The van der Waals surface area contributed by atoms with Crippen molar-refractivity contribution < 1.29 is 9.84 Å². The van der Waals surface area contributed by atoms with Gasteiger partial charge in [-0.2, -0.15) is 0 Å². The van der Waals surface area contributed by atoms with Crippen LogP contribution in [0.3, 0.4) is 0 Å². The maximum Gasteiger partial charge on any atom is 0.102 e. The van der Waals surface area contributed by atoms with Crippen LogP contribution in [0.2, 0.25) is 0 Å². The normalized spacial score (nSPS) is 10.9. The fourth-order valence-electron chi connectivity index (χ4n) is 1.60. The van der Waals surface area contributed by atoms with Crippen molar-refractivity contribution in [1.29, 1.82) is 0 Å². The van der Waals surface area contributed by atoms with Gasteiger partial charge in [-0.1, -0.05) is 18.2 Å². The zero-order chi connectivity index (χ0) is 12.1. The van der Waals surface area contributed by atoms with Crippen molar-refractivity contribution in [2.45, 2.75) is 11.6 Å². The molecule has 3 nitrogen and oxygen atoms in total. The summed E-state index contributed by atoms with van der Waals surface area (Å²) in [6.45, 7) is 0.706. The summed E-state index contributed by atoms with van der Waals surface area (Å²) in [5, 5.41) is 11.3. The molecule has 0 saturated carbocycles. The third-order valence-corrected chi connectivity index (χ3v) is 3.46. The smallest absolute Gasteiger partial charge is 0.102 e. The highest BCUT2D eigenvalue weighted by Gasteiger charge is 2.06. The van der Waals surface area contributed by atoms with Crippen LogP contribution >= 0.6 is 11.8 Å². The number of aliphatic hydroxyl groups excluding tert-OH is 1. The average Bonchev–Trinajstić information content (AvgIpc) is 2.38. The van der Waals surface area contributed by atoms with Crippen LogP contribution < -0.4 is 0 Å². The molecule has 0 aliphatic carbocycles. The number of hydrogen-bond acceptors (Lipinski definition) is 4. The third kappa shape index (κ3) is 2.97. The number of nitrogens with zero attached hydrogens (tertiary/aromatic N) is 1. The molecular formula is C13H15NO2S. The van der Waals surface area contributed by atoms with Gasteiger partial charge in [0.25, 0.3) is 0 Å². The second-order valence-corrected chi connectivity index (χ2v) is 4.73. The van der Waals surface area contributed by atoms with Crippen LogP contribution in [0.4, 0.5) is 0 Å². The predicted octanol–water partition coefficient (Wildman–Crippen LogP) is 2.47. The number of aromatic nitrogens is 1. The van der Waals surface area contributed by atoms with Gasteiger partial charge >= 0.3 is 0 Å². The molecule has 1 aromatic heterocycles. The van der Waals surface area contributed by atoms with Gasteiger partial charge in [-0.05, 0) is 12.1 Å². The van der Waals surface area contributed by atoms with Crippen LogP contribution in [-0.4, -0.2) is 29.6 Å². The number of thioether (sulfide) groups is 1. The molecule has 2 aromatic rings. The highest BCUT2D eigenvalue weighted by atomic mass is 32.2. The molecule has 1 aromatic carbocycles. The van der Waals surface area contributed by atoms with E-state index >= 15 is 0 Å². The largest absolute Gasteiger partial charge is 0.392 e. The van der Waals surface area contributed by atoms with Gasteiger partial charge in [0.1, 0.15) is 5.03 Å². The standard InChI is InChI=1S/C13H15NO2S/c1-16-6-7-17-13-11(9-15)8-10-4-2-3-5-12(10)14-13/h2-5,8,15H,6-7,9H2,1H3. The Labute approximate surface area is 105 Å². The summed E-state index contributed by atoms with van der Waals surface area (Å²) in [6, 6.07) is 9.93. The molecule has 0 amide bonds. The number of benzene rings is 1. The van der Waals surface area contributed by atoms with E-state index in [1.807, 2.05) is 30.3 Å². The number of para-hydroxylation sites is 1. The minimum Gasteiger partial charge on any atom is -0.392 e. The number of methoxy groups -OCH3 is 1. The van der Waals surface area contributed by atoms with E-state index in [9.17, 15) is 5.11 Å². The van der Waals surface area contributed by atoms with Crippen molar-refractivity contribution in [3.63, 3.8) is 0 Å². The molecule has 1 N–H and O–H groups in total. The van der Waals surface area contributed by atoms with Crippen molar-refractivity contribution in [3.05, 3.63) is 35.9 Å². The second-order valence-electron chi connectivity index (χ2n) is 3.64. The van der Waals surface area contributed by atoms with Crippen molar-refractivity contribution in [2.75, 3.05) is 19.5 Å². The molecule has 0 radical (unpaired) electrons. The highest BCUT2D eigenvalue weighted by Crippen LogP contribution is 2.24. The van der Waals surface area contributed by atoms with Crippen LogP contribution in [0.15, 0.2) is 35.4 Å². The Kier molecular flexibility index (Phi) is 4.36. The molecule has 90 valence electrons. The first-order chi connectivity index (χ1) is 8.35. The predicted molar refractivity (Wildman–Crippen MR) is 70.3 cm³/mol. The Morgan fingerprint density at radius 1 is 1.35 bits per heavy atom. The molecule has 0 spiro atoms. The molecule has 0 aliphatic rings. The van der Waals surface area contributed by atoms with E-state index in [1.165, 1.54) is 0 Å². The number of pyridine rings is 1. The number of ether oxygens (including phenoxy) is 1. The summed E-state index contributed by atoms with van der Waals surface area (Å²) >= 11 is 1.61. The van der Waals surface area contributed by atoms with Crippen LogP contribution in [-0.2, 0) is 11.3 Å². The van der Waals surface area contributed by atoms with Crippen molar-refractivity contribution in [3.8, 4) is 0 Å². The topological polar surface area (TPSA) is 42.4 Å². The van der Waals surface area contributed by atoms with E-state index in [2.05, 4.69) is 4.98 Å². The second kappa shape index (κ2) is 6.00. The maximum absolute atomic E-state index is 9.35. The van der Waals surface area contributed by atoms with Crippen LogP contribution in [0.1, 0.15) is 5.56 Å². The lowest BCUT2D eigenvalue weighted by molar-refractivity contribution is 0.218. The molecule has 0 unspecified atom stereocenters. The van der Waals surface area contributed by atoms with Gasteiger partial charge in [0.2, 0.25) is 0 Å². The Bertz CT molecular complexity index is 502. The Balaban J connectivity index is 2.32. The lowest BCUT2D eigenvalue weighted by Gasteiger charge is -2.08. The number of rotatable bonds is 5. The monoisotopic (exact) mass is 249 g/mol. The highest BCUT2D eigenvalue weighted by molar-refractivity contribution is 7.99. The number of hydrogen-bond donors (Lipinski definition) is 1. The molecule has 0 fully saturated rings. The molecule has 4 heteroatoms. The lowest BCUT2D eigenvalue weighted by atomic mass is 10.2. The molecule has 2 rings (SSSR count). The zero-order valence-corrected chi connectivity index (χ0v) is 10.5. The lowest BCUT2D eigenvalue weighted by Crippen LogP contribution is -1.97. The molecule has 0 saturated heterocycles. The zero-order valence-electron chi connectivity index (χ0n) is 9.72. The third-order valence-electron chi connectivity index (χ3n) is 2.46. The summed E-state index contributed by atoms with van der Waals surface area (Å²) < 4.78 is 5.01. The first-order valence-electron chi connectivity index (χ1n) is 5.46. The number of aliphatic hydroxyl groups is 1. The van der Waals surface area contributed by atoms with Gasteiger partial charge in [-0.15, -0.1) is 11.8 Å². The SMILES string of the molecule is COCCSc1nc2ccccc2cc1CO. The van der Waals surface area contributed by atoms with Gasteiger partial charge in [-0.25, -0.2) is 4.98 Å². The van der Waals surface area contributed by atoms with Crippen molar-refractivity contribution in [1.82, 2.24) is 4.98 Å². The molecule has 1 heterocycles. The van der Waals surface area contributed by atoms with Gasteiger partial charge in [0.15, 0.2) is 0 Å². The minimum atomic E-state index is 0.0210. The number of fused-ring (bicyclic) bond motifs is 1. The summed E-state index contributed by atoms with van der Waals surface area (Å²) in [5.74, 6) is 0.842. The van der Waals surface area contributed by atoms with Crippen molar-refractivity contribution in [2.24, 2.45) is 0 Å². The first kappa shape index (κ1) is 12.4. The van der Waals surface area contributed by atoms with E-state index in [0.717, 1.165) is 27.2 Å². The summed E-state index contributed by atoms with van der Waals surface area (Å²) in [7, 11) is 1.68. The van der Waals surface area contributed by atoms with E-state index in [4.69, 9.17) is 4.74 Å².